The summed E-state index contributed by atoms with van der Waals surface area (Å²) in [6.45, 7) is 0. The summed E-state index contributed by atoms with van der Waals surface area (Å²) >= 11 is 0. The van der Waals surface area contributed by atoms with Crippen molar-refractivity contribution in [1.29, 1.82) is 0 Å². The van der Waals surface area contributed by atoms with Crippen LogP contribution >= 0.6 is 0 Å². The van der Waals surface area contributed by atoms with Crippen molar-refractivity contribution in [3.8, 4) is 11.5 Å². The zero-order valence-corrected chi connectivity index (χ0v) is 11.2. The van der Waals surface area contributed by atoms with E-state index in [-0.39, 0.29) is 0 Å². The summed E-state index contributed by atoms with van der Waals surface area (Å²) < 4.78 is 6.04. The summed E-state index contributed by atoms with van der Waals surface area (Å²) in [5.41, 5.74) is 0. The summed E-state index contributed by atoms with van der Waals surface area (Å²) in [4.78, 5) is 8.29. The maximum atomic E-state index is 6.04. The molecular weight excluding hydrogens is 260 g/mol. The monoisotopic (exact) mass is 272 g/mol. The third kappa shape index (κ3) is 2.19. The van der Waals surface area contributed by atoms with Crippen molar-refractivity contribution in [3.63, 3.8) is 0 Å². The van der Waals surface area contributed by atoms with Gasteiger partial charge in [0.05, 0.1) is 0 Å². The number of hydrogen-bond donors (Lipinski definition) is 0. The van der Waals surface area contributed by atoms with Gasteiger partial charge in [0.15, 0.2) is 0 Å². The molecule has 4 aromatic rings. The van der Waals surface area contributed by atoms with Gasteiger partial charge in [0.1, 0.15) is 11.5 Å². The van der Waals surface area contributed by atoms with Crippen LogP contribution in [0.2, 0.25) is 0 Å². The summed E-state index contributed by atoms with van der Waals surface area (Å²) in [6.07, 6.45) is 7.25. The maximum Gasteiger partial charge on any atom is 0.135 e. The largest absolute Gasteiger partial charge is 0.457 e. The summed E-state index contributed by atoms with van der Waals surface area (Å²) in [5.74, 6) is 1.64. The van der Waals surface area contributed by atoms with E-state index in [1.54, 1.807) is 12.4 Å². The summed E-state index contributed by atoms with van der Waals surface area (Å²) in [7, 11) is 0. The Hall–Kier alpha value is -2.94. The second-order valence-electron chi connectivity index (χ2n) is 4.84. The molecule has 0 aliphatic carbocycles. The van der Waals surface area contributed by atoms with E-state index in [0.29, 0.717) is 0 Å². The number of hydrogen-bond acceptors (Lipinski definition) is 3. The minimum Gasteiger partial charge on any atom is -0.457 e. The fourth-order valence-corrected chi connectivity index (χ4v) is 2.44. The van der Waals surface area contributed by atoms with Gasteiger partial charge in [-0.05, 0) is 35.7 Å². The van der Waals surface area contributed by atoms with E-state index in [2.05, 4.69) is 9.97 Å². The molecule has 0 aliphatic heterocycles. The molecule has 0 N–H and O–H groups in total. The fraction of sp³-hybridized carbons (Fsp3) is 0. The second-order valence-corrected chi connectivity index (χ2v) is 4.84. The Labute approximate surface area is 121 Å². The van der Waals surface area contributed by atoms with Crippen molar-refractivity contribution < 1.29 is 4.74 Å². The zero-order valence-electron chi connectivity index (χ0n) is 11.2. The van der Waals surface area contributed by atoms with E-state index >= 15 is 0 Å². The van der Waals surface area contributed by atoms with Crippen LogP contribution < -0.4 is 4.74 Å². The molecule has 0 atom stereocenters. The van der Waals surface area contributed by atoms with E-state index in [1.165, 1.54) is 0 Å². The molecule has 0 aliphatic rings. The van der Waals surface area contributed by atoms with Gasteiger partial charge < -0.3 is 4.74 Å². The molecule has 2 aromatic heterocycles. The molecule has 0 bridgehead atoms. The van der Waals surface area contributed by atoms with Gasteiger partial charge in [-0.25, -0.2) is 0 Å². The van der Waals surface area contributed by atoms with E-state index in [0.717, 1.165) is 33.0 Å². The molecule has 3 heteroatoms. The van der Waals surface area contributed by atoms with Crippen LogP contribution in [-0.4, -0.2) is 9.97 Å². The number of benzene rings is 2. The predicted octanol–water partition coefficient (Wildman–Crippen LogP) is 4.58. The lowest BCUT2D eigenvalue weighted by atomic mass is 10.1. The van der Waals surface area contributed by atoms with Crippen LogP contribution in [0.1, 0.15) is 0 Å². The SMILES string of the molecule is c1cc(Oc2ccc3ccncc3c2)c2ccncc2c1. The fourth-order valence-electron chi connectivity index (χ4n) is 2.44. The first kappa shape index (κ1) is 11.9. The molecule has 0 saturated carbocycles. The molecule has 0 saturated heterocycles. The van der Waals surface area contributed by atoms with Crippen LogP contribution in [0.15, 0.2) is 73.3 Å². The zero-order chi connectivity index (χ0) is 14.1. The number of pyridine rings is 2. The van der Waals surface area contributed by atoms with Gasteiger partial charge >= 0.3 is 0 Å². The normalized spacial score (nSPS) is 10.9. The average molecular weight is 272 g/mol. The lowest BCUT2D eigenvalue weighted by molar-refractivity contribution is 0.489. The Morgan fingerprint density at radius 3 is 2.52 bits per heavy atom. The van der Waals surface area contributed by atoms with Crippen LogP contribution in [0.4, 0.5) is 0 Å². The van der Waals surface area contributed by atoms with Crippen LogP contribution in [-0.2, 0) is 0 Å². The molecule has 0 spiro atoms. The van der Waals surface area contributed by atoms with E-state index < -0.39 is 0 Å². The average Bonchev–Trinajstić information content (AvgIpc) is 2.55. The highest BCUT2D eigenvalue weighted by molar-refractivity contribution is 5.88. The molecule has 0 radical (unpaired) electrons. The lowest BCUT2D eigenvalue weighted by Crippen LogP contribution is -1.87. The number of fused-ring (bicyclic) bond motifs is 2. The van der Waals surface area contributed by atoms with Crippen LogP contribution in [0.5, 0.6) is 11.5 Å². The predicted molar refractivity (Wildman–Crippen MR) is 83.6 cm³/mol. The standard InChI is InChI=1S/C18H12N2O/c1-2-14-11-20-9-7-17(14)18(3-1)21-16-5-4-13-6-8-19-12-15(13)10-16/h1-12H. The van der Waals surface area contributed by atoms with Crippen molar-refractivity contribution in [2.45, 2.75) is 0 Å². The van der Waals surface area contributed by atoms with Crippen LogP contribution in [0, 0.1) is 0 Å². The van der Waals surface area contributed by atoms with Gasteiger partial charge in [0, 0.05) is 40.9 Å². The van der Waals surface area contributed by atoms with Crippen LogP contribution in [0.3, 0.4) is 0 Å². The van der Waals surface area contributed by atoms with Gasteiger partial charge in [-0.1, -0.05) is 18.2 Å². The van der Waals surface area contributed by atoms with Crippen molar-refractivity contribution in [3.05, 3.63) is 73.3 Å². The number of aromatic nitrogens is 2. The Morgan fingerprint density at radius 2 is 1.57 bits per heavy atom. The van der Waals surface area contributed by atoms with Gasteiger partial charge in [0.2, 0.25) is 0 Å². The molecule has 0 unspecified atom stereocenters. The third-order valence-electron chi connectivity index (χ3n) is 3.48. The third-order valence-corrected chi connectivity index (χ3v) is 3.48. The molecule has 0 amide bonds. The summed E-state index contributed by atoms with van der Waals surface area (Å²) in [6, 6.07) is 15.9. The van der Waals surface area contributed by atoms with E-state index in [4.69, 9.17) is 4.74 Å². The van der Waals surface area contributed by atoms with Crippen molar-refractivity contribution in [2.24, 2.45) is 0 Å². The molecule has 100 valence electrons. The highest BCUT2D eigenvalue weighted by Crippen LogP contribution is 2.30. The molecule has 0 fully saturated rings. The smallest absolute Gasteiger partial charge is 0.135 e. The topological polar surface area (TPSA) is 35.0 Å². The van der Waals surface area contributed by atoms with Gasteiger partial charge in [-0.15, -0.1) is 0 Å². The first-order valence-corrected chi connectivity index (χ1v) is 6.74. The lowest BCUT2D eigenvalue weighted by Gasteiger charge is -2.09. The molecule has 3 nitrogen and oxygen atoms in total. The van der Waals surface area contributed by atoms with E-state index in [1.807, 2.05) is 60.9 Å². The molecule has 2 heterocycles. The summed E-state index contributed by atoms with van der Waals surface area (Å²) in [5, 5.41) is 4.34. The quantitative estimate of drug-likeness (QED) is 0.536. The molecule has 4 rings (SSSR count). The molecule has 21 heavy (non-hydrogen) atoms. The first-order valence-electron chi connectivity index (χ1n) is 6.74. The van der Waals surface area contributed by atoms with Crippen molar-refractivity contribution >= 4 is 21.5 Å². The van der Waals surface area contributed by atoms with E-state index in [9.17, 15) is 0 Å². The Balaban J connectivity index is 1.79. The van der Waals surface area contributed by atoms with Gasteiger partial charge in [-0.3, -0.25) is 9.97 Å². The Bertz CT molecular complexity index is 929. The van der Waals surface area contributed by atoms with Gasteiger partial charge in [0.25, 0.3) is 0 Å². The Morgan fingerprint density at radius 1 is 0.714 bits per heavy atom. The maximum absolute atomic E-state index is 6.04. The highest BCUT2D eigenvalue weighted by Gasteiger charge is 2.04. The minimum absolute atomic E-state index is 0.805. The van der Waals surface area contributed by atoms with Crippen LogP contribution in [0.25, 0.3) is 21.5 Å². The van der Waals surface area contributed by atoms with Crippen molar-refractivity contribution in [2.75, 3.05) is 0 Å². The number of rotatable bonds is 2. The van der Waals surface area contributed by atoms with Crippen molar-refractivity contribution in [1.82, 2.24) is 9.97 Å². The number of ether oxygens (including phenoxy) is 1. The highest BCUT2D eigenvalue weighted by atomic mass is 16.5. The molecule has 2 aromatic carbocycles. The number of nitrogens with zero attached hydrogens (tertiary/aromatic N) is 2. The first-order chi connectivity index (χ1) is 10.4. The Kier molecular flexibility index (Phi) is 2.75. The second kappa shape index (κ2) is 4.87. The van der Waals surface area contributed by atoms with Gasteiger partial charge in [-0.2, -0.15) is 0 Å². The minimum atomic E-state index is 0.805. The molecular formula is C18H12N2O.